The number of aromatic nitrogens is 3. The Hall–Kier alpha value is -2.66. The zero-order valence-electron chi connectivity index (χ0n) is 15.7. The number of benzene rings is 2. The summed E-state index contributed by atoms with van der Waals surface area (Å²) in [6.45, 7) is 4.52. The van der Waals surface area contributed by atoms with Gasteiger partial charge in [-0.05, 0) is 41.8 Å². The summed E-state index contributed by atoms with van der Waals surface area (Å²) < 4.78 is 3.29. The number of nitrogens with zero attached hydrogens (tertiary/aromatic N) is 3. The van der Waals surface area contributed by atoms with Gasteiger partial charge in [-0.1, -0.05) is 62.3 Å². The fraction of sp³-hybridized carbons (Fsp3) is 0.273. The van der Waals surface area contributed by atoms with Crippen LogP contribution < -0.4 is 5.32 Å². The third-order valence-corrected chi connectivity index (χ3v) is 6.05. The molecule has 5 heteroatoms. The van der Waals surface area contributed by atoms with Crippen molar-refractivity contribution in [2.45, 2.75) is 32.7 Å². The van der Waals surface area contributed by atoms with Crippen molar-refractivity contribution in [2.24, 2.45) is 5.92 Å². The van der Waals surface area contributed by atoms with Crippen LogP contribution in [0.3, 0.4) is 0 Å². The lowest BCUT2D eigenvalue weighted by atomic mass is 9.89. The van der Waals surface area contributed by atoms with Crippen LogP contribution in [0.15, 0.2) is 67.0 Å². The Kier molecular flexibility index (Phi) is 5.21. The second-order valence-electron chi connectivity index (χ2n) is 6.74. The van der Waals surface area contributed by atoms with Gasteiger partial charge in [0.15, 0.2) is 5.13 Å². The molecular weight excluding hydrogens is 352 g/mol. The van der Waals surface area contributed by atoms with Gasteiger partial charge in [-0.15, -0.1) is 0 Å². The summed E-state index contributed by atoms with van der Waals surface area (Å²) in [6.07, 6.45) is 6.19. The van der Waals surface area contributed by atoms with Gasteiger partial charge in [0, 0.05) is 18.1 Å². The minimum Gasteiger partial charge on any atom is -0.332 e. The normalized spacial score (nSPS) is 12.6. The molecule has 27 heavy (non-hydrogen) atoms. The van der Waals surface area contributed by atoms with Crippen LogP contribution >= 0.6 is 11.3 Å². The molecule has 0 bridgehead atoms. The van der Waals surface area contributed by atoms with Crippen LogP contribution in [0.25, 0.3) is 10.2 Å². The summed E-state index contributed by atoms with van der Waals surface area (Å²) in [4.78, 5) is 4.65. The van der Waals surface area contributed by atoms with Crippen LogP contribution in [0.5, 0.6) is 0 Å². The first-order valence-electron chi connectivity index (χ1n) is 9.50. The maximum absolute atomic E-state index is 4.65. The number of fused-ring (bicyclic) bond motifs is 1. The summed E-state index contributed by atoms with van der Waals surface area (Å²) in [5, 5.41) is 8.88. The van der Waals surface area contributed by atoms with Gasteiger partial charge in [-0.2, -0.15) is 5.10 Å². The minimum absolute atomic E-state index is 0.270. The topological polar surface area (TPSA) is 42.7 Å². The summed E-state index contributed by atoms with van der Waals surface area (Å²) in [7, 11) is 0. The van der Waals surface area contributed by atoms with E-state index in [4.69, 9.17) is 0 Å². The molecule has 0 aliphatic rings. The lowest BCUT2D eigenvalue weighted by Crippen LogP contribution is -2.20. The molecule has 4 aromatic rings. The molecule has 0 radical (unpaired) electrons. The maximum Gasteiger partial charge on any atom is 0.188 e. The molecule has 0 aliphatic heterocycles. The maximum atomic E-state index is 4.65. The van der Waals surface area contributed by atoms with E-state index in [1.807, 2.05) is 30.5 Å². The number of para-hydroxylation sites is 1. The van der Waals surface area contributed by atoms with E-state index in [1.54, 1.807) is 11.3 Å². The van der Waals surface area contributed by atoms with Crippen LogP contribution in [0.2, 0.25) is 0 Å². The largest absolute Gasteiger partial charge is 0.332 e. The standard InChI is InChI=1S/C22H24N4S/c1-3-16(4-2)21(26-15-7-14-23-26)17-10-12-18(13-11-17)24-22-25-19-8-5-6-9-20(19)27-22/h5-16,21H,3-4H2,1-2H3,(H,24,25)/t21-/m1/s1. The van der Waals surface area contributed by atoms with Crippen LogP contribution in [0, 0.1) is 5.92 Å². The van der Waals surface area contributed by atoms with Gasteiger partial charge < -0.3 is 5.32 Å². The molecule has 0 spiro atoms. The summed E-state index contributed by atoms with van der Waals surface area (Å²) in [5.41, 5.74) is 3.39. The van der Waals surface area contributed by atoms with E-state index < -0.39 is 0 Å². The Morgan fingerprint density at radius 1 is 1.00 bits per heavy atom. The Balaban J connectivity index is 1.58. The number of thiazole rings is 1. The molecule has 2 heterocycles. The monoisotopic (exact) mass is 376 g/mol. The quantitative estimate of drug-likeness (QED) is 0.414. The predicted molar refractivity (Wildman–Crippen MR) is 114 cm³/mol. The predicted octanol–water partition coefficient (Wildman–Crippen LogP) is 6.26. The van der Waals surface area contributed by atoms with Gasteiger partial charge in [0.05, 0.1) is 16.3 Å². The van der Waals surface area contributed by atoms with Crippen molar-refractivity contribution >= 4 is 32.4 Å². The van der Waals surface area contributed by atoms with E-state index in [0.29, 0.717) is 5.92 Å². The second kappa shape index (κ2) is 7.92. The Bertz CT molecular complexity index is 952. The van der Waals surface area contributed by atoms with Crippen LogP contribution in [-0.2, 0) is 0 Å². The van der Waals surface area contributed by atoms with Gasteiger partial charge in [0.2, 0.25) is 0 Å². The smallest absolute Gasteiger partial charge is 0.188 e. The summed E-state index contributed by atoms with van der Waals surface area (Å²) >= 11 is 1.68. The van der Waals surface area contributed by atoms with Crippen LogP contribution in [-0.4, -0.2) is 14.8 Å². The number of nitrogens with one attached hydrogen (secondary N) is 1. The highest BCUT2D eigenvalue weighted by molar-refractivity contribution is 7.22. The second-order valence-corrected chi connectivity index (χ2v) is 7.77. The molecule has 2 aromatic heterocycles. The molecule has 1 N–H and O–H groups in total. The number of hydrogen-bond donors (Lipinski definition) is 1. The van der Waals surface area contributed by atoms with E-state index in [9.17, 15) is 0 Å². The zero-order chi connectivity index (χ0) is 18.6. The van der Waals surface area contributed by atoms with Crippen molar-refractivity contribution in [2.75, 3.05) is 5.32 Å². The molecular formula is C22H24N4S. The van der Waals surface area contributed by atoms with Crippen molar-refractivity contribution in [3.05, 3.63) is 72.6 Å². The van der Waals surface area contributed by atoms with E-state index in [1.165, 1.54) is 10.3 Å². The molecule has 0 aliphatic carbocycles. The Labute approximate surface area is 163 Å². The first kappa shape index (κ1) is 17.7. The van der Waals surface area contributed by atoms with Gasteiger partial charge in [0.1, 0.15) is 0 Å². The average Bonchev–Trinajstić information content (AvgIpc) is 3.36. The lowest BCUT2D eigenvalue weighted by molar-refractivity contribution is 0.333. The van der Waals surface area contributed by atoms with Crippen molar-refractivity contribution < 1.29 is 0 Å². The molecule has 1 atom stereocenters. The molecule has 4 rings (SSSR count). The third-order valence-electron chi connectivity index (χ3n) is 5.10. The molecule has 0 saturated carbocycles. The zero-order valence-corrected chi connectivity index (χ0v) is 16.5. The van der Waals surface area contributed by atoms with Gasteiger partial charge in [-0.3, -0.25) is 4.68 Å². The highest BCUT2D eigenvalue weighted by Crippen LogP contribution is 2.33. The first-order chi connectivity index (χ1) is 13.3. The molecule has 4 nitrogen and oxygen atoms in total. The van der Waals surface area contributed by atoms with E-state index in [2.05, 4.69) is 70.5 Å². The fourth-order valence-electron chi connectivity index (χ4n) is 3.63. The highest BCUT2D eigenvalue weighted by Gasteiger charge is 2.22. The number of anilines is 2. The molecule has 0 unspecified atom stereocenters. The van der Waals surface area contributed by atoms with E-state index in [0.717, 1.165) is 29.2 Å². The highest BCUT2D eigenvalue weighted by atomic mass is 32.1. The molecule has 0 saturated heterocycles. The van der Waals surface area contributed by atoms with Crippen molar-refractivity contribution in [3.63, 3.8) is 0 Å². The Morgan fingerprint density at radius 3 is 2.44 bits per heavy atom. The van der Waals surface area contributed by atoms with Crippen molar-refractivity contribution in [1.82, 2.24) is 14.8 Å². The van der Waals surface area contributed by atoms with Gasteiger partial charge >= 0.3 is 0 Å². The van der Waals surface area contributed by atoms with E-state index >= 15 is 0 Å². The van der Waals surface area contributed by atoms with Crippen molar-refractivity contribution in [1.29, 1.82) is 0 Å². The first-order valence-corrected chi connectivity index (χ1v) is 10.3. The van der Waals surface area contributed by atoms with Crippen LogP contribution in [0.4, 0.5) is 10.8 Å². The molecule has 138 valence electrons. The van der Waals surface area contributed by atoms with Gasteiger partial charge in [-0.25, -0.2) is 4.98 Å². The number of hydrogen-bond acceptors (Lipinski definition) is 4. The minimum atomic E-state index is 0.270. The average molecular weight is 377 g/mol. The summed E-state index contributed by atoms with van der Waals surface area (Å²) in [5.74, 6) is 0.563. The van der Waals surface area contributed by atoms with Crippen LogP contribution in [0.1, 0.15) is 38.3 Å². The molecule has 0 fully saturated rings. The fourth-order valence-corrected chi connectivity index (χ4v) is 4.52. The Morgan fingerprint density at radius 2 is 1.78 bits per heavy atom. The molecule has 2 aromatic carbocycles. The van der Waals surface area contributed by atoms with Crippen molar-refractivity contribution in [3.8, 4) is 0 Å². The summed E-state index contributed by atoms with van der Waals surface area (Å²) in [6, 6.07) is 19.2. The molecule has 0 amide bonds. The lowest BCUT2D eigenvalue weighted by Gasteiger charge is -2.26. The third kappa shape index (κ3) is 3.74. The van der Waals surface area contributed by atoms with Gasteiger partial charge in [0.25, 0.3) is 0 Å². The van der Waals surface area contributed by atoms with E-state index in [-0.39, 0.29) is 6.04 Å². The SMILES string of the molecule is CCC(CC)[C@H](c1ccc(Nc2nc3ccccc3s2)cc1)n1cccn1. The number of rotatable bonds is 7.